The van der Waals surface area contributed by atoms with Gasteiger partial charge in [-0.05, 0) is 24.8 Å². The predicted molar refractivity (Wildman–Crippen MR) is 82.2 cm³/mol. The Bertz CT molecular complexity index is 530. The molecule has 2 aliphatic carbocycles. The number of rotatable bonds is 2. The summed E-state index contributed by atoms with van der Waals surface area (Å²) in [6.07, 6.45) is 8.19. The van der Waals surface area contributed by atoms with Gasteiger partial charge in [-0.15, -0.1) is 0 Å². The van der Waals surface area contributed by atoms with Gasteiger partial charge in [0.05, 0.1) is 0 Å². The normalized spacial score (nSPS) is 23.2. The topological polar surface area (TPSA) is 46.2 Å². The van der Waals surface area contributed by atoms with Gasteiger partial charge in [0, 0.05) is 23.9 Å². The fourth-order valence-corrected chi connectivity index (χ4v) is 3.57. The van der Waals surface area contributed by atoms with Gasteiger partial charge in [-0.2, -0.15) is 0 Å². The van der Waals surface area contributed by atoms with E-state index >= 15 is 0 Å². The molecule has 1 fully saturated rings. The SMILES string of the molecule is O=C1CC(C(=O)NC2CCCCCC2)Cc2ccccc21. The summed E-state index contributed by atoms with van der Waals surface area (Å²) in [6.45, 7) is 0. The van der Waals surface area contributed by atoms with E-state index in [0.717, 1.165) is 24.0 Å². The van der Waals surface area contributed by atoms with E-state index in [0.29, 0.717) is 18.9 Å². The first-order chi connectivity index (χ1) is 10.2. The Labute approximate surface area is 126 Å². The third-order valence-corrected chi connectivity index (χ3v) is 4.79. The highest BCUT2D eigenvalue weighted by Crippen LogP contribution is 2.26. The molecule has 2 aliphatic rings. The Morgan fingerprint density at radius 1 is 1.00 bits per heavy atom. The van der Waals surface area contributed by atoms with Crippen molar-refractivity contribution in [3.05, 3.63) is 35.4 Å². The van der Waals surface area contributed by atoms with Crippen LogP contribution in [0.2, 0.25) is 0 Å². The summed E-state index contributed by atoms with van der Waals surface area (Å²) in [5, 5.41) is 3.19. The van der Waals surface area contributed by atoms with Crippen LogP contribution >= 0.6 is 0 Å². The van der Waals surface area contributed by atoms with E-state index in [2.05, 4.69) is 5.32 Å². The highest BCUT2D eigenvalue weighted by atomic mass is 16.2. The van der Waals surface area contributed by atoms with Gasteiger partial charge in [-0.1, -0.05) is 49.9 Å². The van der Waals surface area contributed by atoms with Gasteiger partial charge in [0.15, 0.2) is 5.78 Å². The van der Waals surface area contributed by atoms with Gasteiger partial charge in [-0.3, -0.25) is 9.59 Å². The number of hydrogen-bond acceptors (Lipinski definition) is 2. The van der Waals surface area contributed by atoms with E-state index in [1.54, 1.807) is 0 Å². The molecule has 1 saturated carbocycles. The molecule has 1 unspecified atom stereocenters. The summed E-state index contributed by atoms with van der Waals surface area (Å²) in [4.78, 5) is 24.6. The fraction of sp³-hybridized carbons (Fsp3) is 0.556. The average molecular weight is 285 g/mol. The van der Waals surface area contributed by atoms with Crippen LogP contribution in [-0.4, -0.2) is 17.7 Å². The maximum atomic E-state index is 12.5. The molecule has 0 heterocycles. The van der Waals surface area contributed by atoms with Gasteiger partial charge in [-0.25, -0.2) is 0 Å². The third kappa shape index (κ3) is 3.34. The number of carbonyl (C=O) groups excluding carboxylic acids is 2. The number of carbonyl (C=O) groups is 2. The molecule has 1 atom stereocenters. The Balaban J connectivity index is 1.65. The van der Waals surface area contributed by atoms with Gasteiger partial charge < -0.3 is 5.32 Å². The van der Waals surface area contributed by atoms with Gasteiger partial charge in [0.2, 0.25) is 5.91 Å². The molecule has 3 rings (SSSR count). The van der Waals surface area contributed by atoms with Gasteiger partial charge in [0.1, 0.15) is 0 Å². The van der Waals surface area contributed by atoms with Crippen LogP contribution in [0.3, 0.4) is 0 Å². The van der Waals surface area contributed by atoms with E-state index in [4.69, 9.17) is 0 Å². The molecule has 0 aliphatic heterocycles. The van der Waals surface area contributed by atoms with Crippen molar-refractivity contribution in [2.45, 2.75) is 57.4 Å². The summed E-state index contributed by atoms with van der Waals surface area (Å²) >= 11 is 0. The lowest BCUT2D eigenvalue weighted by atomic mass is 9.82. The van der Waals surface area contributed by atoms with Crippen LogP contribution < -0.4 is 5.32 Å². The van der Waals surface area contributed by atoms with Crippen molar-refractivity contribution in [1.29, 1.82) is 0 Å². The highest BCUT2D eigenvalue weighted by molar-refractivity contribution is 6.01. The standard InChI is InChI=1S/C18H23NO2/c20-17-12-14(11-13-7-5-6-10-16(13)17)18(21)19-15-8-3-1-2-4-9-15/h5-7,10,14-15H,1-4,8-9,11-12H2,(H,19,21). The molecule has 1 N–H and O–H groups in total. The monoisotopic (exact) mass is 285 g/mol. The van der Waals surface area contributed by atoms with Crippen molar-refractivity contribution in [2.24, 2.45) is 5.92 Å². The molecule has 1 amide bonds. The van der Waals surface area contributed by atoms with E-state index in [1.807, 2.05) is 24.3 Å². The van der Waals surface area contributed by atoms with Crippen molar-refractivity contribution < 1.29 is 9.59 Å². The minimum absolute atomic E-state index is 0.0738. The van der Waals surface area contributed by atoms with Crippen LogP contribution in [0.25, 0.3) is 0 Å². The molecule has 1 aromatic rings. The number of fused-ring (bicyclic) bond motifs is 1. The maximum Gasteiger partial charge on any atom is 0.224 e. The number of Topliss-reactive ketones (excluding diaryl/α,β-unsaturated/α-hetero) is 1. The second-order valence-corrected chi connectivity index (χ2v) is 6.38. The zero-order valence-electron chi connectivity index (χ0n) is 12.4. The van der Waals surface area contributed by atoms with Crippen molar-refractivity contribution in [3.8, 4) is 0 Å². The quantitative estimate of drug-likeness (QED) is 0.848. The van der Waals surface area contributed by atoms with Crippen molar-refractivity contribution >= 4 is 11.7 Å². The Kier molecular flexibility index (Phi) is 4.37. The van der Waals surface area contributed by atoms with E-state index in [9.17, 15) is 9.59 Å². The zero-order chi connectivity index (χ0) is 14.7. The molecule has 1 aromatic carbocycles. The summed E-state index contributed by atoms with van der Waals surface area (Å²) in [5.74, 6) is -0.00160. The first kappa shape index (κ1) is 14.3. The van der Waals surface area contributed by atoms with Crippen LogP contribution in [0.5, 0.6) is 0 Å². The molecule has 0 saturated heterocycles. The lowest BCUT2D eigenvalue weighted by Crippen LogP contribution is -2.41. The Morgan fingerprint density at radius 3 is 2.48 bits per heavy atom. The van der Waals surface area contributed by atoms with Crippen LogP contribution in [0.4, 0.5) is 0 Å². The lowest BCUT2D eigenvalue weighted by Gasteiger charge is -2.25. The first-order valence-electron chi connectivity index (χ1n) is 8.15. The number of benzene rings is 1. The number of ketones is 1. The molecule has 0 spiro atoms. The van der Waals surface area contributed by atoms with Gasteiger partial charge >= 0.3 is 0 Å². The number of nitrogens with one attached hydrogen (secondary N) is 1. The second-order valence-electron chi connectivity index (χ2n) is 6.38. The van der Waals surface area contributed by atoms with Crippen molar-refractivity contribution in [1.82, 2.24) is 5.32 Å². The molecule has 0 bridgehead atoms. The molecule has 3 nitrogen and oxygen atoms in total. The molecule has 21 heavy (non-hydrogen) atoms. The Hall–Kier alpha value is -1.64. The Morgan fingerprint density at radius 2 is 1.71 bits per heavy atom. The summed E-state index contributed by atoms with van der Waals surface area (Å²) in [6, 6.07) is 7.99. The lowest BCUT2D eigenvalue weighted by molar-refractivity contribution is -0.125. The number of amides is 1. The molecular formula is C18H23NO2. The first-order valence-corrected chi connectivity index (χ1v) is 8.15. The minimum Gasteiger partial charge on any atom is -0.353 e. The highest BCUT2D eigenvalue weighted by Gasteiger charge is 2.30. The van der Waals surface area contributed by atoms with Crippen molar-refractivity contribution in [2.75, 3.05) is 0 Å². The van der Waals surface area contributed by atoms with E-state index in [1.165, 1.54) is 25.7 Å². The fourth-order valence-electron chi connectivity index (χ4n) is 3.57. The molecule has 0 radical (unpaired) electrons. The zero-order valence-corrected chi connectivity index (χ0v) is 12.4. The molecular weight excluding hydrogens is 262 g/mol. The molecule has 112 valence electrons. The number of hydrogen-bond donors (Lipinski definition) is 1. The summed E-state index contributed by atoms with van der Waals surface area (Å²) in [7, 11) is 0. The largest absolute Gasteiger partial charge is 0.353 e. The minimum atomic E-state index is -0.185. The van der Waals surface area contributed by atoms with E-state index in [-0.39, 0.29) is 17.6 Å². The summed E-state index contributed by atoms with van der Waals surface area (Å²) < 4.78 is 0. The van der Waals surface area contributed by atoms with Crippen molar-refractivity contribution in [3.63, 3.8) is 0 Å². The van der Waals surface area contributed by atoms with Crippen LogP contribution in [-0.2, 0) is 11.2 Å². The maximum absolute atomic E-state index is 12.5. The van der Waals surface area contributed by atoms with Crippen LogP contribution in [0.15, 0.2) is 24.3 Å². The van der Waals surface area contributed by atoms with Gasteiger partial charge in [0.25, 0.3) is 0 Å². The van der Waals surface area contributed by atoms with Crippen LogP contribution in [0.1, 0.15) is 60.9 Å². The second kappa shape index (κ2) is 6.42. The molecule has 0 aromatic heterocycles. The van der Waals surface area contributed by atoms with Crippen LogP contribution in [0, 0.1) is 5.92 Å². The average Bonchev–Trinajstić information content (AvgIpc) is 2.76. The summed E-state index contributed by atoms with van der Waals surface area (Å²) in [5.41, 5.74) is 1.82. The smallest absolute Gasteiger partial charge is 0.224 e. The molecule has 3 heteroatoms. The van der Waals surface area contributed by atoms with E-state index < -0.39 is 0 Å². The third-order valence-electron chi connectivity index (χ3n) is 4.79. The predicted octanol–water partition coefficient (Wildman–Crippen LogP) is 3.27.